The fourth-order valence-corrected chi connectivity index (χ4v) is 5.14. The Morgan fingerprint density at radius 1 is 0.971 bits per heavy atom. The minimum atomic E-state index is 0.0106. The van der Waals surface area contributed by atoms with Crippen LogP contribution in [-0.4, -0.2) is 69.8 Å². The summed E-state index contributed by atoms with van der Waals surface area (Å²) in [5.74, 6) is 1.75. The van der Waals surface area contributed by atoms with Gasteiger partial charge in [-0.15, -0.1) is 0 Å². The zero-order chi connectivity index (χ0) is 24.0. The van der Waals surface area contributed by atoms with E-state index in [0.717, 1.165) is 22.4 Å². The van der Waals surface area contributed by atoms with E-state index in [1.54, 1.807) is 12.1 Å². The molecule has 2 aliphatic heterocycles. The number of benzene rings is 2. The number of nitrogens with one attached hydrogen (secondary N) is 1. The second kappa shape index (κ2) is 8.74. The Kier molecular flexibility index (Phi) is 5.75. The largest absolute Gasteiger partial charge is 0.483 e. The summed E-state index contributed by atoms with van der Waals surface area (Å²) >= 11 is 0. The summed E-state index contributed by atoms with van der Waals surface area (Å²) < 4.78 is 6.01. The van der Waals surface area contributed by atoms with Gasteiger partial charge in [0.2, 0.25) is 0 Å². The van der Waals surface area contributed by atoms with E-state index in [9.17, 15) is 9.59 Å². The Balaban J connectivity index is 1.18. The highest BCUT2D eigenvalue weighted by molar-refractivity contribution is 5.97. The number of aryl methyl sites for hydroxylation is 2. The van der Waals surface area contributed by atoms with Gasteiger partial charge in [-0.3, -0.25) is 9.59 Å². The Morgan fingerprint density at radius 2 is 1.62 bits per heavy atom. The fraction of sp³-hybridized carbons (Fsp3) is 0.462. The molecule has 1 aromatic heterocycles. The highest BCUT2D eigenvalue weighted by atomic mass is 16.5. The van der Waals surface area contributed by atoms with Crippen LogP contribution in [0.2, 0.25) is 0 Å². The maximum atomic E-state index is 13.0. The number of ether oxygens (including phenoxy) is 1. The SMILES string of the molecule is Cc1cc(OCC(=O)N2CC3CN(C(=O)c4ccc5n[nH]nc5c4)CC3C2)c(C(C)C)cc1C. The molecule has 8 heteroatoms. The summed E-state index contributed by atoms with van der Waals surface area (Å²) in [6.07, 6.45) is 0. The lowest BCUT2D eigenvalue weighted by molar-refractivity contribution is -0.132. The summed E-state index contributed by atoms with van der Waals surface area (Å²) in [6, 6.07) is 9.58. The van der Waals surface area contributed by atoms with Crippen LogP contribution in [0, 0.1) is 25.7 Å². The van der Waals surface area contributed by atoms with Crippen molar-refractivity contribution in [2.45, 2.75) is 33.6 Å². The molecular formula is C26H31N5O3. The summed E-state index contributed by atoms with van der Waals surface area (Å²) in [4.78, 5) is 29.7. The van der Waals surface area contributed by atoms with Crippen LogP contribution in [0.4, 0.5) is 0 Å². The Bertz CT molecular complexity index is 1240. The van der Waals surface area contributed by atoms with Gasteiger partial charge < -0.3 is 14.5 Å². The lowest BCUT2D eigenvalue weighted by Crippen LogP contribution is -2.37. The highest BCUT2D eigenvalue weighted by Gasteiger charge is 2.43. The number of nitrogens with zero attached hydrogens (tertiary/aromatic N) is 4. The first-order valence-corrected chi connectivity index (χ1v) is 11.9. The van der Waals surface area contributed by atoms with E-state index < -0.39 is 0 Å². The number of hydrogen-bond acceptors (Lipinski definition) is 5. The maximum Gasteiger partial charge on any atom is 0.260 e. The molecule has 2 aromatic carbocycles. The van der Waals surface area contributed by atoms with E-state index in [4.69, 9.17) is 4.74 Å². The topological polar surface area (TPSA) is 91.4 Å². The number of carbonyl (C=O) groups is 2. The standard InChI is InChI=1S/C26H31N5O3/c1-15(2)21-7-16(3)17(4)8-24(21)34-14-25(32)30-10-19-12-31(13-20(19)11-30)26(33)18-5-6-22-23(9-18)28-29-27-22/h5-9,15,19-20H,10-14H2,1-4H3,(H,27,28,29). The molecule has 0 saturated carbocycles. The van der Waals surface area contributed by atoms with Crippen molar-refractivity contribution in [2.75, 3.05) is 32.8 Å². The van der Waals surface area contributed by atoms with Gasteiger partial charge in [-0.1, -0.05) is 19.9 Å². The van der Waals surface area contributed by atoms with Gasteiger partial charge in [-0.25, -0.2) is 0 Å². The van der Waals surface area contributed by atoms with Gasteiger partial charge in [0.15, 0.2) is 6.61 Å². The monoisotopic (exact) mass is 461 g/mol. The number of hydrogen-bond donors (Lipinski definition) is 1. The van der Waals surface area contributed by atoms with Crippen LogP contribution in [-0.2, 0) is 4.79 Å². The Hall–Kier alpha value is -3.42. The average molecular weight is 462 g/mol. The van der Waals surface area contributed by atoms with Crippen LogP contribution in [0.15, 0.2) is 30.3 Å². The number of aromatic amines is 1. The molecule has 5 rings (SSSR count). The first kappa shape index (κ1) is 22.4. The molecule has 1 N–H and O–H groups in total. The van der Waals surface area contributed by atoms with Gasteiger partial charge in [-0.05, 0) is 60.7 Å². The van der Waals surface area contributed by atoms with Gasteiger partial charge in [0.05, 0.1) is 0 Å². The van der Waals surface area contributed by atoms with Gasteiger partial charge >= 0.3 is 0 Å². The zero-order valence-corrected chi connectivity index (χ0v) is 20.2. The second-order valence-corrected chi connectivity index (χ2v) is 9.97. The molecule has 2 atom stereocenters. The van der Waals surface area contributed by atoms with Crippen molar-refractivity contribution in [1.82, 2.24) is 25.2 Å². The predicted molar refractivity (Wildman–Crippen MR) is 129 cm³/mol. The van der Waals surface area contributed by atoms with E-state index in [1.165, 1.54) is 5.56 Å². The molecule has 2 amide bonds. The lowest BCUT2D eigenvalue weighted by Gasteiger charge is -2.23. The van der Waals surface area contributed by atoms with Gasteiger partial charge in [0.25, 0.3) is 11.8 Å². The molecule has 0 aliphatic carbocycles. The van der Waals surface area contributed by atoms with Crippen LogP contribution in [0.3, 0.4) is 0 Å². The van der Waals surface area contributed by atoms with Crippen LogP contribution in [0.1, 0.15) is 46.8 Å². The molecule has 3 heterocycles. The van der Waals surface area contributed by atoms with E-state index in [1.807, 2.05) is 21.9 Å². The molecule has 0 radical (unpaired) electrons. The third-order valence-corrected chi connectivity index (χ3v) is 7.29. The molecule has 34 heavy (non-hydrogen) atoms. The molecule has 2 fully saturated rings. The van der Waals surface area contributed by atoms with Crippen LogP contribution in [0.25, 0.3) is 11.0 Å². The number of H-pyrrole nitrogens is 1. The third-order valence-electron chi connectivity index (χ3n) is 7.29. The minimum absolute atomic E-state index is 0.0106. The van der Waals surface area contributed by atoms with Crippen molar-refractivity contribution in [3.8, 4) is 5.75 Å². The molecule has 3 aromatic rings. The lowest BCUT2D eigenvalue weighted by atomic mass is 9.97. The molecule has 2 saturated heterocycles. The first-order valence-electron chi connectivity index (χ1n) is 11.9. The molecule has 2 aliphatic rings. The summed E-state index contributed by atoms with van der Waals surface area (Å²) in [6.45, 7) is 11.1. The molecule has 0 spiro atoms. The van der Waals surface area contributed by atoms with Crippen molar-refractivity contribution >= 4 is 22.8 Å². The van der Waals surface area contributed by atoms with E-state index in [2.05, 4.69) is 49.2 Å². The van der Waals surface area contributed by atoms with E-state index >= 15 is 0 Å². The van der Waals surface area contributed by atoms with Crippen molar-refractivity contribution in [2.24, 2.45) is 11.8 Å². The molecule has 178 valence electrons. The Labute approximate surface area is 199 Å². The van der Waals surface area contributed by atoms with Gasteiger partial charge in [-0.2, -0.15) is 15.4 Å². The second-order valence-electron chi connectivity index (χ2n) is 9.97. The number of aromatic nitrogens is 3. The number of fused-ring (bicyclic) bond motifs is 2. The summed E-state index contributed by atoms with van der Waals surface area (Å²) in [5, 5.41) is 10.7. The van der Waals surface area contributed by atoms with Gasteiger partial charge in [0, 0.05) is 43.6 Å². The molecule has 8 nitrogen and oxygen atoms in total. The fourth-order valence-electron chi connectivity index (χ4n) is 5.14. The van der Waals surface area contributed by atoms with Gasteiger partial charge in [0.1, 0.15) is 16.8 Å². The third kappa shape index (κ3) is 4.13. The predicted octanol–water partition coefficient (Wildman–Crippen LogP) is 3.31. The van der Waals surface area contributed by atoms with Crippen molar-refractivity contribution in [3.63, 3.8) is 0 Å². The normalized spacial score (nSPS) is 19.8. The number of likely N-dealkylation sites (tertiary alicyclic amines) is 2. The number of carbonyl (C=O) groups excluding carboxylic acids is 2. The van der Waals surface area contributed by atoms with Crippen molar-refractivity contribution in [3.05, 3.63) is 52.6 Å². The first-order chi connectivity index (χ1) is 16.3. The van der Waals surface area contributed by atoms with Crippen molar-refractivity contribution < 1.29 is 14.3 Å². The van der Waals surface area contributed by atoms with Crippen LogP contribution < -0.4 is 4.74 Å². The number of rotatable bonds is 5. The highest BCUT2D eigenvalue weighted by Crippen LogP contribution is 2.33. The van der Waals surface area contributed by atoms with Crippen LogP contribution in [0.5, 0.6) is 5.75 Å². The summed E-state index contributed by atoms with van der Waals surface area (Å²) in [5.41, 5.74) is 5.58. The Morgan fingerprint density at radius 3 is 2.32 bits per heavy atom. The number of amides is 2. The average Bonchev–Trinajstić information content (AvgIpc) is 3.52. The zero-order valence-electron chi connectivity index (χ0n) is 20.2. The molecule has 2 unspecified atom stereocenters. The smallest absolute Gasteiger partial charge is 0.260 e. The van der Waals surface area contributed by atoms with E-state index in [-0.39, 0.29) is 18.4 Å². The summed E-state index contributed by atoms with van der Waals surface area (Å²) in [7, 11) is 0. The molecule has 0 bridgehead atoms. The quantitative estimate of drug-likeness (QED) is 0.630. The van der Waals surface area contributed by atoms with Crippen LogP contribution >= 0.6 is 0 Å². The minimum Gasteiger partial charge on any atom is -0.483 e. The molecular weight excluding hydrogens is 430 g/mol. The maximum absolute atomic E-state index is 13.0. The van der Waals surface area contributed by atoms with E-state index in [0.29, 0.717) is 55.0 Å². The van der Waals surface area contributed by atoms with Crippen molar-refractivity contribution in [1.29, 1.82) is 0 Å².